The van der Waals surface area contributed by atoms with Gasteiger partial charge in [-0.05, 0) is 24.5 Å². The van der Waals surface area contributed by atoms with Crippen molar-refractivity contribution in [3.63, 3.8) is 0 Å². The Labute approximate surface area is 160 Å². The molecule has 1 unspecified atom stereocenters. The van der Waals surface area contributed by atoms with E-state index in [2.05, 4.69) is 0 Å². The van der Waals surface area contributed by atoms with Crippen LogP contribution in [0, 0.1) is 0 Å². The molecule has 0 fully saturated rings. The highest BCUT2D eigenvalue weighted by Crippen LogP contribution is 2.56. The standard InChI is InChI=1S/C21H14F8/c22-18(23)13-5-7-14(8-6-13)19(24,25)21(28,29)17-10-9-15(20(18,26)27)11-16(17)12-3-1-2-4-12/h1,3,5-12H,2,4H2. The quantitative estimate of drug-likeness (QED) is 0.339. The molecule has 0 nitrogen and oxygen atoms in total. The van der Waals surface area contributed by atoms with E-state index >= 15 is 8.78 Å². The van der Waals surface area contributed by atoms with Gasteiger partial charge in [0.1, 0.15) is 0 Å². The Bertz CT molecular complexity index is 973. The molecule has 0 saturated heterocycles. The van der Waals surface area contributed by atoms with Crippen molar-refractivity contribution in [3.8, 4) is 0 Å². The van der Waals surface area contributed by atoms with E-state index in [4.69, 9.17) is 0 Å². The minimum Gasteiger partial charge on any atom is -0.194 e. The largest absolute Gasteiger partial charge is 0.340 e. The molecule has 0 N–H and O–H groups in total. The molecule has 5 aliphatic rings. The van der Waals surface area contributed by atoms with E-state index in [9.17, 15) is 26.3 Å². The third-order valence-electron chi connectivity index (χ3n) is 5.56. The summed E-state index contributed by atoms with van der Waals surface area (Å²) in [5.74, 6) is -19.8. The van der Waals surface area contributed by atoms with Crippen LogP contribution in [0.3, 0.4) is 0 Å². The number of rotatable bonds is 1. The molecule has 2 aromatic carbocycles. The zero-order valence-corrected chi connectivity index (χ0v) is 14.7. The number of hydrogen-bond acceptors (Lipinski definition) is 0. The zero-order valence-electron chi connectivity index (χ0n) is 14.7. The maximum atomic E-state index is 15.0. The van der Waals surface area contributed by atoms with Crippen LogP contribution in [0.25, 0.3) is 0 Å². The number of alkyl halides is 8. The number of allylic oxidation sites excluding steroid dienone is 2. The molecule has 4 bridgehead atoms. The van der Waals surface area contributed by atoms with Gasteiger partial charge in [0.2, 0.25) is 0 Å². The van der Waals surface area contributed by atoms with Crippen LogP contribution in [0.1, 0.15) is 46.6 Å². The molecule has 2 aromatic rings. The lowest BCUT2D eigenvalue weighted by atomic mass is 9.82. The molecule has 0 amide bonds. The minimum absolute atomic E-state index is 0.230. The lowest BCUT2D eigenvalue weighted by molar-refractivity contribution is -0.227. The highest BCUT2D eigenvalue weighted by atomic mass is 19.3. The van der Waals surface area contributed by atoms with E-state index in [0.29, 0.717) is 48.9 Å². The van der Waals surface area contributed by atoms with E-state index < -0.39 is 57.4 Å². The van der Waals surface area contributed by atoms with Crippen molar-refractivity contribution < 1.29 is 35.1 Å². The van der Waals surface area contributed by atoms with Gasteiger partial charge in [-0.2, -0.15) is 35.1 Å². The Kier molecular flexibility index (Phi) is 4.16. The second kappa shape index (κ2) is 6.06. The maximum Gasteiger partial charge on any atom is 0.340 e. The van der Waals surface area contributed by atoms with Crippen LogP contribution in [0.15, 0.2) is 54.6 Å². The van der Waals surface area contributed by atoms with Crippen molar-refractivity contribution in [2.75, 3.05) is 0 Å². The maximum absolute atomic E-state index is 15.0. The second-order valence-electron chi connectivity index (χ2n) is 7.29. The smallest absolute Gasteiger partial charge is 0.194 e. The van der Waals surface area contributed by atoms with Crippen LogP contribution < -0.4 is 0 Å². The summed E-state index contributed by atoms with van der Waals surface area (Å²) in [6.07, 6.45) is 3.70. The van der Waals surface area contributed by atoms with Gasteiger partial charge < -0.3 is 0 Å². The predicted octanol–water partition coefficient (Wildman–Crippen LogP) is 7.20. The summed E-state index contributed by atoms with van der Waals surface area (Å²) >= 11 is 0. The highest BCUT2D eigenvalue weighted by molar-refractivity contribution is 5.46. The summed E-state index contributed by atoms with van der Waals surface area (Å²) in [5, 5.41) is 0. The molecule has 7 rings (SSSR count). The van der Waals surface area contributed by atoms with E-state index in [1.807, 2.05) is 0 Å². The lowest BCUT2D eigenvalue weighted by Gasteiger charge is -2.33. The zero-order chi connectivity index (χ0) is 21.2. The summed E-state index contributed by atoms with van der Waals surface area (Å²) in [5.41, 5.74) is -5.32. The summed E-state index contributed by atoms with van der Waals surface area (Å²) in [6, 6.07) is 2.67. The fourth-order valence-corrected chi connectivity index (χ4v) is 3.84. The minimum atomic E-state index is -4.74. The van der Waals surface area contributed by atoms with Crippen molar-refractivity contribution >= 4 is 0 Å². The van der Waals surface area contributed by atoms with Crippen molar-refractivity contribution in [2.24, 2.45) is 0 Å². The molecule has 0 aromatic heterocycles. The lowest BCUT2D eigenvalue weighted by Crippen LogP contribution is -2.39. The first kappa shape index (κ1) is 19.9. The van der Waals surface area contributed by atoms with Gasteiger partial charge in [0.25, 0.3) is 0 Å². The van der Waals surface area contributed by atoms with Gasteiger partial charge in [0.15, 0.2) is 0 Å². The van der Waals surface area contributed by atoms with Crippen LogP contribution in [-0.4, -0.2) is 0 Å². The third-order valence-corrected chi connectivity index (χ3v) is 5.56. The molecule has 0 radical (unpaired) electrons. The molecule has 0 saturated carbocycles. The molecule has 0 aliphatic heterocycles. The SMILES string of the molecule is FC1(F)c2ccc(cc2)C(F)(F)C(F)(F)c2ccc(cc2C2C=CCC2)C1(F)F. The summed E-state index contributed by atoms with van der Waals surface area (Å²) in [4.78, 5) is 0. The first-order valence-corrected chi connectivity index (χ1v) is 8.84. The fraction of sp³-hybridized carbons (Fsp3) is 0.333. The van der Waals surface area contributed by atoms with Crippen molar-refractivity contribution in [1.29, 1.82) is 0 Å². The molecule has 5 aliphatic carbocycles. The van der Waals surface area contributed by atoms with E-state index in [1.165, 1.54) is 6.08 Å². The predicted molar refractivity (Wildman–Crippen MR) is 89.6 cm³/mol. The normalized spacial score (nSPS) is 25.6. The van der Waals surface area contributed by atoms with Crippen LogP contribution >= 0.6 is 0 Å². The molecule has 0 spiro atoms. The van der Waals surface area contributed by atoms with Gasteiger partial charge >= 0.3 is 23.7 Å². The van der Waals surface area contributed by atoms with E-state index in [0.717, 1.165) is 0 Å². The Balaban J connectivity index is 2.07. The summed E-state index contributed by atoms with van der Waals surface area (Å²) in [7, 11) is 0. The molecular weight excluding hydrogens is 404 g/mol. The van der Waals surface area contributed by atoms with E-state index in [1.54, 1.807) is 6.08 Å². The third kappa shape index (κ3) is 2.64. The average molecular weight is 418 g/mol. The summed E-state index contributed by atoms with van der Waals surface area (Å²) < 4.78 is 118. The van der Waals surface area contributed by atoms with Crippen molar-refractivity contribution in [1.82, 2.24) is 0 Å². The van der Waals surface area contributed by atoms with Crippen LogP contribution in [0.2, 0.25) is 0 Å². The van der Waals surface area contributed by atoms with Gasteiger partial charge in [-0.1, -0.05) is 48.6 Å². The molecular formula is C21H14F8. The molecule has 154 valence electrons. The molecule has 0 heterocycles. The van der Waals surface area contributed by atoms with Gasteiger partial charge in [-0.15, -0.1) is 0 Å². The summed E-state index contributed by atoms with van der Waals surface area (Å²) in [6.45, 7) is 0. The van der Waals surface area contributed by atoms with E-state index in [-0.39, 0.29) is 6.42 Å². The topological polar surface area (TPSA) is 0 Å². The monoisotopic (exact) mass is 418 g/mol. The van der Waals surface area contributed by atoms with Gasteiger partial charge in [-0.25, -0.2) is 0 Å². The average Bonchev–Trinajstić information content (AvgIpc) is 3.21. The Morgan fingerprint density at radius 2 is 1.10 bits per heavy atom. The van der Waals surface area contributed by atoms with Gasteiger partial charge in [0, 0.05) is 28.2 Å². The second-order valence-corrected chi connectivity index (χ2v) is 7.29. The van der Waals surface area contributed by atoms with Crippen molar-refractivity contribution in [3.05, 3.63) is 82.4 Å². The fourth-order valence-electron chi connectivity index (χ4n) is 3.84. The number of hydrogen-bond donors (Lipinski definition) is 0. The Morgan fingerprint density at radius 3 is 1.62 bits per heavy atom. The van der Waals surface area contributed by atoms with Crippen LogP contribution in [0.5, 0.6) is 0 Å². The van der Waals surface area contributed by atoms with Crippen molar-refractivity contribution in [2.45, 2.75) is 42.4 Å². The van der Waals surface area contributed by atoms with Crippen LogP contribution in [0.4, 0.5) is 35.1 Å². The number of halogens is 8. The highest BCUT2D eigenvalue weighted by Gasteiger charge is 2.62. The van der Waals surface area contributed by atoms with Crippen LogP contribution in [-0.2, 0) is 23.7 Å². The van der Waals surface area contributed by atoms with Gasteiger partial charge in [0.05, 0.1) is 0 Å². The van der Waals surface area contributed by atoms with Gasteiger partial charge in [-0.3, -0.25) is 0 Å². The first-order valence-electron chi connectivity index (χ1n) is 8.84. The Hall–Kier alpha value is -2.38. The molecule has 1 atom stereocenters. The molecule has 29 heavy (non-hydrogen) atoms. The number of benzene rings is 2. The first-order chi connectivity index (χ1) is 13.4. The molecule has 8 heteroatoms. The Morgan fingerprint density at radius 1 is 0.621 bits per heavy atom.